The Kier molecular flexibility index (Phi) is 3.91. The number of hydrogen-bond donors (Lipinski definition) is 1. The number of carbonyl (C=O) groups excluding carboxylic acids is 2. The van der Waals surface area contributed by atoms with Crippen LogP contribution < -0.4 is 0 Å². The second-order valence-electron chi connectivity index (χ2n) is 6.51. The molecule has 0 radical (unpaired) electrons. The van der Waals surface area contributed by atoms with Crippen molar-refractivity contribution in [3.05, 3.63) is 35.4 Å². The van der Waals surface area contributed by atoms with Gasteiger partial charge < -0.3 is 14.9 Å². The molecule has 1 unspecified atom stereocenters. The van der Waals surface area contributed by atoms with Crippen molar-refractivity contribution in [2.45, 2.75) is 39.0 Å². The maximum atomic E-state index is 12.8. The molecule has 2 heterocycles. The molecule has 2 aliphatic rings. The van der Waals surface area contributed by atoms with E-state index < -0.39 is 12.1 Å². The van der Waals surface area contributed by atoms with Crippen molar-refractivity contribution in [1.29, 1.82) is 0 Å². The summed E-state index contributed by atoms with van der Waals surface area (Å²) in [6, 6.07) is 7.06. The Bertz CT molecular complexity index is 599. The van der Waals surface area contributed by atoms with E-state index in [4.69, 9.17) is 0 Å². The van der Waals surface area contributed by atoms with Crippen LogP contribution in [-0.4, -0.2) is 52.0 Å². The first-order chi connectivity index (χ1) is 10.5. The first kappa shape index (κ1) is 15.0. The highest BCUT2D eigenvalue weighted by molar-refractivity contribution is 6.01. The van der Waals surface area contributed by atoms with Crippen molar-refractivity contribution in [3.63, 3.8) is 0 Å². The summed E-state index contributed by atoms with van der Waals surface area (Å²) >= 11 is 0. The van der Waals surface area contributed by atoms with Crippen LogP contribution >= 0.6 is 0 Å². The van der Waals surface area contributed by atoms with E-state index in [-0.39, 0.29) is 17.7 Å². The van der Waals surface area contributed by atoms with Gasteiger partial charge >= 0.3 is 0 Å². The SMILES string of the molecule is CC(C)[C@@H](C(=O)N1CCC(O)C1)N1Cc2ccccc2C1=O. The molecule has 0 spiro atoms. The van der Waals surface area contributed by atoms with Gasteiger partial charge in [0.1, 0.15) is 6.04 Å². The normalized spacial score (nSPS) is 22.4. The second-order valence-corrected chi connectivity index (χ2v) is 6.51. The summed E-state index contributed by atoms with van der Waals surface area (Å²) in [7, 11) is 0. The molecule has 0 bridgehead atoms. The van der Waals surface area contributed by atoms with E-state index in [9.17, 15) is 14.7 Å². The number of aliphatic hydroxyl groups excluding tert-OH is 1. The number of amides is 2. The first-order valence-corrected chi connectivity index (χ1v) is 7.84. The van der Waals surface area contributed by atoms with E-state index in [1.165, 1.54) is 0 Å². The van der Waals surface area contributed by atoms with Crippen molar-refractivity contribution in [1.82, 2.24) is 9.80 Å². The summed E-state index contributed by atoms with van der Waals surface area (Å²) in [4.78, 5) is 28.8. The maximum Gasteiger partial charge on any atom is 0.255 e. The predicted octanol–water partition coefficient (Wildman–Crippen LogP) is 1.26. The van der Waals surface area contributed by atoms with Crippen molar-refractivity contribution >= 4 is 11.8 Å². The molecule has 2 atom stereocenters. The lowest BCUT2D eigenvalue weighted by atomic mass is 10.0. The molecule has 2 aliphatic heterocycles. The number of rotatable bonds is 3. The number of nitrogens with zero attached hydrogens (tertiary/aromatic N) is 2. The number of likely N-dealkylation sites (tertiary alicyclic amines) is 1. The minimum atomic E-state index is -0.467. The average molecular weight is 302 g/mol. The molecule has 1 aromatic rings. The molecular weight excluding hydrogens is 280 g/mol. The zero-order valence-electron chi connectivity index (χ0n) is 13.0. The number of hydrogen-bond acceptors (Lipinski definition) is 3. The van der Waals surface area contributed by atoms with Crippen LogP contribution in [0.5, 0.6) is 0 Å². The van der Waals surface area contributed by atoms with Gasteiger partial charge in [-0.3, -0.25) is 9.59 Å². The molecule has 0 aromatic heterocycles. The van der Waals surface area contributed by atoms with Crippen LogP contribution in [-0.2, 0) is 11.3 Å². The number of carbonyl (C=O) groups is 2. The highest BCUT2D eigenvalue weighted by atomic mass is 16.3. The molecule has 0 aliphatic carbocycles. The van der Waals surface area contributed by atoms with Crippen molar-refractivity contribution < 1.29 is 14.7 Å². The second kappa shape index (κ2) is 5.72. The predicted molar refractivity (Wildman–Crippen MR) is 82.1 cm³/mol. The molecule has 2 amide bonds. The lowest BCUT2D eigenvalue weighted by molar-refractivity contribution is -0.137. The van der Waals surface area contributed by atoms with Crippen LogP contribution in [0.1, 0.15) is 36.2 Å². The van der Waals surface area contributed by atoms with Gasteiger partial charge in [-0.15, -0.1) is 0 Å². The van der Waals surface area contributed by atoms with E-state index in [0.717, 1.165) is 5.56 Å². The fraction of sp³-hybridized carbons (Fsp3) is 0.529. The van der Waals surface area contributed by atoms with Crippen LogP contribution in [0.15, 0.2) is 24.3 Å². The minimum absolute atomic E-state index is 0.0310. The molecule has 22 heavy (non-hydrogen) atoms. The van der Waals surface area contributed by atoms with Gasteiger partial charge in [0.05, 0.1) is 6.10 Å². The Hall–Kier alpha value is -1.88. The summed E-state index contributed by atoms with van der Waals surface area (Å²) in [5, 5.41) is 9.65. The highest BCUT2D eigenvalue weighted by Crippen LogP contribution is 2.28. The first-order valence-electron chi connectivity index (χ1n) is 7.84. The maximum absolute atomic E-state index is 12.8. The number of β-amino-alcohol motifs (C(OH)–C–C–N with tert-alkyl or cyclic N) is 1. The van der Waals surface area contributed by atoms with Gasteiger partial charge in [-0.05, 0) is 24.0 Å². The Morgan fingerprint density at radius 1 is 1.32 bits per heavy atom. The topological polar surface area (TPSA) is 60.9 Å². The Labute approximate surface area is 130 Å². The van der Waals surface area contributed by atoms with E-state index >= 15 is 0 Å². The molecule has 0 saturated carbocycles. The van der Waals surface area contributed by atoms with Gasteiger partial charge in [-0.1, -0.05) is 32.0 Å². The molecule has 1 aromatic carbocycles. The third-order valence-corrected chi connectivity index (χ3v) is 4.54. The zero-order valence-corrected chi connectivity index (χ0v) is 13.0. The summed E-state index contributed by atoms with van der Waals surface area (Å²) in [5.41, 5.74) is 1.68. The lowest BCUT2D eigenvalue weighted by Gasteiger charge is -2.33. The molecule has 1 N–H and O–H groups in total. The Balaban J connectivity index is 1.84. The van der Waals surface area contributed by atoms with Gasteiger partial charge in [0.15, 0.2) is 0 Å². The molecular formula is C17H22N2O3. The van der Waals surface area contributed by atoms with Gasteiger partial charge in [0.2, 0.25) is 5.91 Å². The molecule has 5 heteroatoms. The van der Waals surface area contributed by atoms with Crippen molar-refractivity contribution in [2.24, 2.45) is 5.92 Å². The quantitative estimate of drug-likeness (QED) is 0.914. The van der Waals surface area contributed by atoms with E-state index in [1.807, 2.05) is 38.1 Å². The summed E-state index contributed by atoms with van der Waals surface area (Å²) in [6.45, 7) is 5.35. The largest absolute Gasteiger partial charge is 0.391 e. The van der Waals surface area contributed by atoms with Crippen LogP contribution in [0.25, 0.3) is 0 Å². The molecule has 1 saturated heterocycles. The van der Waals surface area contributed by atoms with Crippen LogP contribution in [0.3, 0.4) is 0 Å². The van der Waals surface area contributed by atoms with Crippen LogP contribution in [0.4, 0.5) is 0 Å². The Morgan fingerprint density at radius 3 is 2.64 bits per heavy atom. The van der Waals surface area contributed by atoms with Gasteiger partial charge in [-0.25, -0.2) is 0 Å². The average Bonchev–Trinajstić information content (AvgIpc) is 3.04. The summed E-state index contributed by atoms with van der Waals surface area (Å²) < 4.78 is 0. The van der Waals surface area contributed by atoms with Gasteiger partial charge in [0.25, 0.3) is 5.91 Å². The van der Waals surface area contributed by atoms with E-state index in [0.29, 0.717) is 31.6 Å². The smallest absolute Gasteiger partial charge is 0.255 e. The van der Waals surface area contributed by atoms with Crippen LogP contribution in [0, 0.1) is 5.92 Å². The third-order valence-electron chi connectivity index (χ3n) is 4.54. The summed E-state index contributed by atoms with van der Waals surface area (Å²) in [5.74, 6) is -0.0846. The fourth-order valence-corrected chi connectivity index (χ4v) is 3.41. The zero-order chi connectivity index (χ0) is 15.9. The number of fused-ring (bicyclic) bond motifs is 1. The monoisotopic (exact) mass is 302 g/mol. The van der Waals surface area contributed by atoms with E-state index in [1.54, 1.807) is 9.80 Å². The lowest BCUT2D eigenvalue weighted by Crippen LogP contribution is -2.51. The molecule has 3 rings (SSSR count). The van der Waals surface area contributed by atoms with Gasteiger partial charge in [-0.2, -0.15) is 0 Å². The van der Waals surface area contributed by atoms with E-state index in [2.05, 4.69) is 0 Å². The molecule has 118 valence electrons. The highest BCUT2D eigenvalue weighted by Gasteiger charge is 2.40. The van der Waals surface area contributed by atoms with Crippen molar-refractivity contribution in [3.8, 4) is 0 Å². The molecule has 1 fully saturated rings. The fourth-order valence-electron chi connectivity index (χ4n) is 3.41. The number of benzene rings is 1. The standard InChI is InChI=1S/C17H22N2O3/c1-11(2)15(17(22)18-8-7-13(20)10-18)19-9-12-5-3-4-6-14(12)16(19)21/h3-6,11,13,15,20H,7-10H2,1-2H3/t13?,15-/m0/s1. The third kappa shape index (κ3) is 2.50. The van der Waals surface area contributed by atoms with Crippen molar-refractivity contribution in [2.75, 3.05) is 13.1 Å². The minimum Gasteiger partial charge on any atom is -0.391 e. The molecule has 5 nitrogen and oxygen atoms in total. The number of aliphatic hydroxyl groups is 1. The Morgan fingerprint density at radius 2 is 2.05 bits per heavy atom. The van der Waals surface area contributed by atoms with Crippen LogP contribution in [0.2, 0.25) is 0 Å². The van der Waals surface area contributed by atoms with Gasteiger partial charge in [0, 0.05) is 25.2 Å². The summed E-state index contributed by atoms with van der Waals surface area (Å²) in [6.07, 6.45) is 0.174.